The summed E-state index contributed by atoms with van der Waals surface area (Å²) >= 11 is 0. The second-order valence-corrected chi connectivity index (χ2v) is 7.44. The van der Waals surface area contributed by atoms with Gasteiger partial charge in [0.25, 0.3) is 0 Å². The first kappa shape index (κ1) is 16.1. The van der Waals surface area contributed by atoms with Crippen molar-refractivity contribution in [2.75, 3.05) is 0 Å². The van der Waals surface area contributed by atoms with Crippen LogP contribution in [0, 0.1) is 5.82 Å². The van der Waals surface area contributed by atoms with Crippen LogP contribution in [0.5, 0.6) is 5.75 Å². The second kappa shape index (κ2) is 6.02. The van der Waals surface area contributed by atoms with Gasteiger partial charge in [0.2, 0.25) is 0 Å². The molecule has 0 spiro atoms. The molecule has 23 heavy (non-hydrogen) atoms. The Morgan fingerprint density at radius 1 is 1.13 bits per heavy atom. The summed E-state index contributed by atoms with van der Waals surface area (Å²) in [5.74, 6) is 0.415. The Bertz CT molecular complexity index is 553. The number of halogens is 1. The van der Waals surface area contributed by atoms with E-state index in [-0.39, 0.29) is 30.1 Å². The lowest BCUT2D eigenvalue weighted by Gasteiger charge is -2.39. The first-order valence-corrected chi connectivity index (χ1v) is 8.25. The van der Waals surface area contributed by atoms with E-state index >= 15 is 0 Å². The monoisotopic (exact) mass is 321 g/mol. The van der Waals surface area contributed by atoms with Crippen LogP contribution in [0.3, 0.4) is 0 Å². The highest BCUT2D eigenvalue weighted by molar-refractivity contribution is 5.69. The van der Waals surface area contributed by atoms with Crippen molar-refractivity contribution in [3.05, 3.63) is 30.1 Å². The summed E-state index contributed by atoms with van der Waals surface area (Å²) in [7, 11) is 0. The number of benzene rings is 1. The van der Waals surface area contributed by atoms with Gasteiger partial charge >= 0.3 is 6.09 Å². The summed E-state index contributed by atoms with van der Waals surface area (Å²) in [4.78, 5) is 14.3. The number of rotatable bonds is 2. The quantitative estimate of drug-likeness (QED) is 0.822. The van der Waals surface area contributed by atoms with Crippen molar-refractivity contribution in [2.45, 2.75) is 70.2 Å². The molecule has 0 radical (unpaired) electrons. The van der Waals surface area contributed by atoms with E-state index in [9.17, 15) is 9.18 Å². The topological polar surface area (TPSA) is 38.8 Å². The lowest BCUT2D eigenvalue weighted by molar-refractivity contribution is -0.00708. The van der Waals surface area contributed by atoms with Gasteiger partial charge < -0.3 is 14.4 Å². The molecule has 4 nitrogen and oxygen atoms in total. The van der Waals surface area contributed by atoms with Crippen molar-refractivity contribution < 1.29 is 18.7 Å². The molecule has 2 aliphatic rings. The largest absolute Gasteiger partial charge is 0.490 e. The van der Waals surface area contributed by atoms with Crippen molar-refractivity contribution in [3.63, 3.8) is 0 Å². The van der Waals surface area contributed by atoms with E-state index in [0.29, 0.717) is 5.75 Å². The average Bonchev–Trinajstić information content (AvgIpc) is 2.72. The Labute approximate surface area is 136 Å². The van der Waals surface area contributed by atoms with E-state index < -0.39 is 5.60 Å². The number of carbonyl (C=O) groups is 1. The fraction of sp³-hybridized carbons (Fsp3) is 0.611. The molecule has 3 rings (SSSR count). The van der Waals surface area contributed by atoms with E-state index in [0.717, 1.165) is 25.7 Å². The van der Waals surface area contributed by atoms with Crippen molar-refractivity contribution in [1.82, 2.24) is 4.90 Å². The molecule has 0 aromatic heterocycles. The maximum atomic E-state index is 13.0. The minimum atomic E-state index is -0.474. The molecule has 2 saturated heterocycles. The molecule has 1 aromatic rings. The molecular weight excluding hydrogens is 297 g/mol. The Balaban J connectivity index is 1.62. The molecule has 0 saturated carbocycles. The molecule has 2 fully saturated rings. The third kappa shape index (κ3) is 3.77. The molecular formula is C18H24FNO3. The highest BCUT2D eigenvalue weighted by Gasteiger charge is 2.45. The van der Waals surface area contributed by atoms with Crippen LogP contribution >= 0.6 is 0 Å². The van der Waals surface area contributed by atoms with Crippen molar-refractivity contribution in [3.8, 4) is 5.75 Å². The van der Waals surface area contributed by atoms with Crippen molar-refractivity contribution >= 4 is 6.09 Å². The number of amides is 1. The predicted octanol–water partition coefficient (Wildman–Crippen LogP) is 4.14. The van der Waals surface area contributed by atoms with Crippen LogP contribution in [0.2, 0.25) is 0 Å². The molecule has 5 heteroatoms. The average molecular weight is 321 g/mol. The standard InChI is InChI=1S/C18H24FNO3/c1-18(2,3)23-17(21)20-13-6-7-14(20)11-16(10-13)22-15-8-4-12(19)5-9-15/h4-5,8-9,13-14,16H,6-7,10-11H2,1-3H3/t13-,14+,16?. The Hall–Kier alpha value is -1.78. The summed E-state index contributed by atoms with van der Waals surface area (Å²) in [6.45, 7) is 5.66. The summed E-state index contributed by atoms with van der Waals surface area (Å²) < 4.78 is 24.5. The number of nitrogens with zero attached hydrogens (tertiary/aromatic N) is 1. The van der Waals surface area contributed by atoms with E-state index in [2.05, 4.69) is 0 Å². The Morgan fingerprint density at radius 3 is 2.22 bits per heavy atom. The molecule has 1 amide bonds. The first-order valence-electron chi connectivity index (χ1n) is 8.25. The normalized spacial score (nSPS) is 27.0. The Morgan fingerprint density at radius 2 is 1.70 bits per heavy atom. The lowest BCUT2D eigenvalue weighted by Crippen LogP contribution is -2.50. The zero-order chi connectivity index (χ0) is 16.6. The van der Waals surface area contributed by atoms with Gasteiger partial charge in [0.05, 0.1) is 0 Å². The fourth-order valence-corrected chi connectivity index (χ4v) is 3.54. The summed E-state index contributed by atoms with van der Waals surface area (Å²) in [5, 5.41) is 0. The van der Waals surface area contributed by atoms with Crippen LogP contribution in [0.4, 0.5) is 9.18 Å². The molecule has 0 N–H and O–H groups in total. The molecule has 3 atom stereocenters. The molecule has 1 unspecified atom stereocenters. The number of fused-ring (bicyclic) bond motifs is 2. The second-order valence-electron chi connectivity index (χ2n) is 7.44. The van der Waals surface area contributed by atoms with Gasteiger partial charge in [-0.15, -0.1) is 0 Å². The van der Waals surface area contributed by atoms with Gasteiger partial charge in [-0.2, -0.15) is 0 Å². The van der Waals surface area contributed by atoms with Gasteiger partial charge in [0.15, 0.2) is 0 Å². The van der Waals surface area contributed by atoms with Crippen LogP contribution in [0.15, 0.2) is 24.3 Å². The minimum absolute atomic E-state index is 0.0663. The summed E-state index contributed by atoms with van der Waals surface area (Å²) in [6, 6.07) is 6.46. The van der Waals surface area contributed by atoms with E-state index in [1.807, 2.05) is 25.7 Å². The fourth-order valence-electron chi connectivity index (χ4n) is 3.54. The maximum absolute atomic E-state index is 13.0. The van der Waals surface area contributed by atoms with Crippen molar-refractivity contribution in [1.29, 1.82) is 0 Å². The molecule has 126 valence electrons. The Kier molecular flexibility index (Phi) is 4.21. The van der Waals surface area contributed by atoms with Gasteiger partial charge in [-0.25, -0.2) is 9.18 Å². The number of ether oxygens (including phenoxy) is 2. The van der Waals surface area contributed by atoms with Gasteiger partial charge in [-0.05, 0) is 57.9 Å². The molecule has 2 heterocycles. The third-order valence-corrected chi connectivity index (χ3v) is 4.41. The number of hydrogen-bond acceptors (Lipinski definition) is 3. The van der Waals surface area contributed by atoms with Gasteiger partial charge in [-0.3, -0.25) is 0 Å². The minimum Gasteiger partial charge on any atom is -0.490 e. The van der Waals surface area contributed by atoms with Crippen LogP contribution in [0.1, 0.15) is 46.5 Å². The van der Waals surface area contributed by atoms with E-state index in [1.54, 1.807) is 12.1 Å². The molecule has 1 aromatic carbocycles. The highest BCUT2D eigenvalue weighted by atomic mass is 19.1. The number of hydrogen-bond donors (Lipinski definition) is 0. The van der Waals surface area contributed by atoms with Gasteiger partial charge in [0, 0.05) is 24.9 Å². The van der Waals surface area contributed by atoms with Crippen LogP contribution in [-0.4, -0.2) is 34.8 Å². The van der Waals surface area contributed by atoms with Crippen LogP contribution in [-0.2, 0) is 4.74 Å². The third-order valence-electron chi connectivity index (χ3n) is 4.41. The van der Waals surface area contributed by atoms with E-state index in [1.165, 1.54) is 12.1 Å². The van der Waals surface area contributed by atoms with E-state index in [4.69, 9.17) is 9.47 Å². The molecule has 2 bridgehead atoms. The SMILES string of the molecule is CC(C)(C)OC(=O)N1[C@@H]2CC[C@H]1CC(Oc1ccc(F)cc1)C2. The van der Waals surface area contributed by atoms with Crippen LogP contribution < -0.4 is 4.74 Å². The van der Waals surface area contributed by atoms with Crippen molar-refractivity contribution in [2.24, 2.45) is 0 Å². The van der Waals surface area contributed by atoms with Crippen LogP contribution in [0.25, 0.3) is 0 Å². The van der Waals surface area contributed by atoms with Gasteiger partial charge in [-0.1, -0.05) is 0 Å². The number of carbonyl (C=O) groups excluding carboxylic acids is 1. The predicted molar refractivity (Wildman–Crippen MR) is 84.9 cm³/mol. The zero-order valence-corrected chi connectivity index (χ0v) is 13.9. The summed E-state index contributed by atoms with van der Waals surface area (Å²) in [5.41, 5.74) is -0.474. The molecule has 0 aliphatic carbocycles. The molecule has 2 aliphatic heterocycles. The smallest absolute Gasteiger partial charge is 0.410 e. The zero-order valence-electron chi connectivity index (χ0n) is 13.9. The van der Waals surface area contributed by atoms with Gasteiger partial charge in [0.1, 0.15) is 23.3 Å². The maximum Gasteiger partial charge on any atom is 0.410 e. The summed E-state index contributed by atoms with van der Waals surface area (Å²) in [6.07, 6.45) is 3.43. The lowest BCUT2D eigenvalue weighted by atomic mass is 10.00. The first-order chi connectivity index (χ1) is 10.8. The number of piperidine rings is 1. The highest BCUT2D eigenvalue weighted by Crippen LogP contribution is 2.38.